The van der Waals surface area contributed by atoms with Gasteiger partial charge in [0, 0.05) is 17.8 Å². The van der Waals surface area contributed by atoms with Crippen LogP contribution in [-0.2, 0) is 9.59 Å². The van der Waals surface area contributed by atoms with E-state index in [4.69, 9.17) is 0 Å². The second kappa shape index (κ2) is 8.08. The summed E-state index contributed by atoms with van der Waals surface area (Å²) in [7, 11) is 0. The van der Waals surface area contributed by atoms with Gasteiger partial charge in [-0.2, -0.15) is 0 Å². The van der Waals surface area contributed by atoms with E-state index in [-0.39, 0.29) is 12.1 Å². The number of carboxylic acid groups (broad SMARTS) is 1. The molecule has 1 rings (SSSR count). The summed E-state index contributed by atoms with van der Waals surface area (Å²) >= 11 is 0. The quantitative estimate of drug-likeness (QED) is 0.558. The van der Waals surface area contributed by atoms with Crippen molar-refractivity contribution >= 4 is 23.3 Å². The van der Waals surface area contributed by atoms with Crippen molar-refractivity contribution in [1.29, 1.82) is 0 Å². The van der Waals surface area contributed by atoms with Crippen LogP contribution in [0.25, 0.3) is 0 Å². The molecule has 22 heavy (non-hydrogen) atoms. The molecule has 0 saturated heterocycles. The fourth-order valence-electron chi connectivity index (χ4n) is 2.09. The number of hydrogen-bond donors (Lipinski definition) is 2. The zero-order valence-electron chi connectivity index (χ0n) is 12.5. The van der Waals surface area contributed by atoms with Gasteiger partial charge in [-0.25, -0.2) is 0 Å². The normalized spacial score (nSPS) is 12.0. The first kappa shape index (κ1) is 17.6. The summed E-state index contributed by atoms with van der Waals surface area (Å²) < 4.78 is 0. The van der Waals surface area contributed by atoms with Crippen LogP contribution in [0.15, 0.2) is 24.3 Å². The lowest BCUT2D eigenvalue weighted by Crippen LogP contribution is -2.43. The van der Waals surface area contributed by atoms with Crippen LogP contribution in [0.4, 0.5) is 11.4 Å². The average molecular weight is 309 g/mol. The average Bonchev–Trinajstić information content (AvgIpc) is 2.47. The number of nitro groups is 1. The monoisotopic (exact) mass is 309 g/mol. The first-order valence-corrected chi connectivity index (χ1v) is 6.90. The molecule has 1 atom stereocenters. The number of carbonyl (C=O) groups is 2. The van der Waals surface area contributed by atoms with Gasteiger partial charge in [0.25, 0.3) is 5.69 Å². The number of likely N-dealkylation sites (N-methyl/N-ethyl adjacent to an activating group) is 1. The molecular formula is C14H19N3O5. The molecule has 0 aliphatic carbocycles. The highest BCUT2D eigenvalue weighted by Crippen LogP contribution is 2.16. The highest BCUT2D eigenvalue weighted by Gasteiger charge is 2.26. The molecule has 2 N–H and O–H groups in total. The van der Waals surface area contributed by atoms with Crippen molar-refractivity contribution in [1.82, 2.24) is 4.90 Å². The van der Waals surface area contributed by atoms with Gasteiger partial charge in [-0.15, -0.1) is 0 Å². The van der Waals surface area contributed by atoms with Crippen LogP contribution in [0.5, 0.6) is 0 Å². The second-order valence-corrected chi connectivity index (χ2v) is 4.63. The van der Waals surface area contributed by atoms with Crippen LogP contribution >= 0.6 is 0 Å². The minimum Gasteiger partial charge on any atom is -0.480 e. The first-order valence-electron chi connectivity index (χ1n) is 6.90. The van der Waals surface area contributed by atoms with E-state index in [0.717, 1.165) is 0 Å². The number of benzene rings is 1. The summed E-state index contributed by atoms with van der Waals surface area (Å²) in [6.07, 6.45) is -0.187. The van der Waals surface area contributed by atoms with Crippen LogP contribution in [-0.4, -0.2) is 45.9 Å². The molecule has 120 valence electrons. The number of nitro benzene ring substituents is 1. The van der Waals surface area contributed by atoms with Gasteiger partial charge < -0.3 is 10.4 Å². The van der Waals surface area contributed by atoms with E-state index in [9.17, 15) is 24.8 Å². The lowest BCUT2D eigenvalue weighted by atomic mass is 10.1. The molecule has 1 aromatic carbocycles. The summed E-state index contributed by atoms with van der Waals surface area (Å²) in [5.41, 5.74) is 0.309. The summed E-state index contributed by atoms with van der Waals surface area (Å²) in [4.78, 5) is 34.9. The van der Waals surface area contributed by atoms with Crippen molar-refractivity contribution in [3.63, 3.8) is 0 Å². The maximum atomic E-state index is 11.9. The Labute approximate surface area is 127 Å². The zero-order valence-corrected chi connectivity index (χ0v) is 12.5. The minimum atomic E-state index is -1.05. The van der Waals surface area contributed by atoms with Crippen molar-refractivity contribution < 1.29 is 19.6 Å². The number of non-ortho nitro benzene ring substituents is 1. The highest BCUT2D eigenvalue weighted by atomic mass is 16.6. The standard InChI is InChI=1S/C14H19N3O5/c1-3-16(4-2)12(14(19)20)9-13(18)15-10-5-7-11(8-6-10)17(21)22/h5-8,12H,3-4,9H2,1-2H3,(H,15,18)(H,19,20). The van der Waals surface area contributed by atoms with E-state index in [0.29, 0.717) is 18.8 Å². The number of hydrogen-bond acceptors (Lipinski definition) is 5. The number of carbonyl (C=O) groups excluding carboxylic acids is 1. The van der Waals surface area contributed by atoms with Gasteiger partial charge in [-0.3, -0.25) is 24.6 Å². The molecule has 1 amide bonds. The van der Waals surface area contributed by atoms with E-state index in [1.54, 1.807) is 4.90 Å². The second-order valence-electron chi connectivity index (χ2n) is 4.63. The Kier molecular flexibility index (Phi) is 6.46. The molecule has 8 nitrogen and oxygen atoms in total. The molecule has 8 heteroatoms. The number of amides is 1. The van der Waals surface area contributed by atoms with Crippen LogP contribution < -0.4 is 5.32 Å². The van der Waals surface area contributed by atoms with Gasteiger partial charge in [0.05, 0.1) is 11.3 Å². The van der Waals surface area contributed by atoms with E-state index < -0.39 is 22.8 Å². The molecule has 1 aromatic rings. The Morgan fingerprint density at radius 3 is 2.23 bits per heavy atom. The zero-order chi connectivity index (χ0) is 16.7. The number of anilines is 1. The molecular weight excluding hydrogens is 290 g/mol. The molecule has 0 aromatic heterocycles. The van der Waals surface area contributed by atoms with Crippen molar-refractivity contribution in [2.24, 2.45) is 0 Å². The third-order valence-corrected chi connectivity index (χ3v) is 3.28. The molecule has 0 heterocycles. The van der Waals surface area contributed by atoms with E-state index in [1.165, 1.54) is 24.3 Å². The Balaban J connectivity index is 2.71. The van der Waals surface area contributed by atoms with Crippen LogP contribution in [0.1, 0.15) is 20.3 Å². The fourth-order valence-corrected chi connectivity index (χ4v) is 2.09. The van der Waals surface area contributed by atoms with Gasteiger partial charge in [-0.1, -0.05) is 13.8 Å². The fraction of sp³-hybridized carbons (Fsp3) is 0.429. The predicted octanol–water partition coefficient (Wildman–Crippen LogP) is 1.72. The minimum absolute atomic E-state index is 0.0791. The Morgan fingerprint density at radius 1 is 1.27 bits per heavy atom. The van der Waals surface area contributed by atoms with Crippen LogP contribution in [0.3, 0.4) is 0 Å². The van der Waals surface area contributed by atoms with Gasteiger partial charge in [-0.05, 0) is 25.2 Å². The number of rotatable bonds is 8. The number of nitrogens with zero attached hydrogens (tertiary/aromatic N) is 2. The summed E-state index contributed by atoms with van der Waals surface area (Å²) in [5.74, 6) is -1.50. The Bertz CT molecular complexity index is 540. The summed E-state index contributed by atoms with van der Waals surface area (Å²) in [5, 5.41) is 22.3. The van der Waals surface area contributed by atoms with Crippen LogP contribution in [0.2, 0.25) is 0 Å². The first-order chi connectivity index (χ1) is 10.4. The molecule has 0 aliphatic rings. The van der Waals surface area contributed by atoms with Gasteiger partial charge in [0.2, 0.25) is 5.91 Å². The van der Waals surface area contributed by atoms with Gasteiger partial charge in [0.15, 0.2) is 0 Å². The molecule has 0 fully saturated rings. The number of aliphatic carboxylic acids is 1. The van der Waals surface area contributed by atoms with Gasteiger partial charge in [0.1, 0.15) is 6.04 Å². The summed E-state index contributed by atoms with van der Waals surface area (Å²) in [6.45, 7) is 4.71. The predicted molar refractivity (Wildman–Crippen MR) is 80.7 cm³/mol. The van der Waals surface area contributed by atoms with Crippen molar-refractivity contribution in [2.75, 3.05) is 18.4 Å². The Morgan fingerprint density at radius 2 is 1.82 bits per heavy atom. The summed E-state index contributed by atoms with van der Waals surface area (Å²) in [6, 6.07) is 4.46. The Hall–Kier alpha value is -2.48. The molecule has 0 bridgehead atoms. The lowest BCUT2D eigenvalue weighted by Gasteiger charge is -2.25. The third kappa shape index (κ3) is 4.81. The maximum Gasteiger partial charge on any atom is 0.321 e. The molecule has 1 unspecified atom stereocenters. The third-order valence-electron chi connectivity index (χ3n) is 3.28. The van der Waals surface area contributed by atoms with E-state index in [2.05, 4.69) is 5.32 Å². The molecule has 0 aliphatic heterocycles. The lowest BCUT2D eigenvalue weighted by molar-refractivity contribution is -0.384. The van der Waals surface area contributed by atoms with E-state index in [1.807, 2.05) is 13.8 Å². The topological polar surface area (TPSA) is 113 Å². The molecule has 0 saturated carbocycles. The maximum absolute atomic E-state index is 11.9. The van der Waals surface area contributed by atoms with Crippen LogP contribution in [0, 0.1) is 10.1 Å². The smallest absolute Gasteiger partial charge is 0.321 e. The van der Waals surface area contributed by atoms with Crippen molar-refractivity contribution in [2.45, 2.75) is 26.3 Å². The van der Waals surface area contributed by atoms with E-state index >= 15 is 0 Å². The van der Waals surface area contributed by atoms with Crippen molar-refractivity contribution in [3.8, 4) is 0 Å². The molecule has 0 spiro atoms. The molecule has 0 radical (unpaired) electrons. The highest BCUT2D eigenvalue weighted by molar-refractivity contribution is 5.94. The SMILES string of the molecule is CCN(CC)C(CC(=O)Nc1ccc([N+](=O)[O-])cc1)C(=O)O. The van der Waals surface area contributed by atoms with Crippen molar-refractivity contribution in [3.05, 3.63) is 34.4 Å². The number of nitrogens with one attached hydrogen (secondary N) is 1. The largest absolute Gasteiger partial charge is 0.480 e. The number of carboxylic acids is 1. The van der Waals surface area contributed by atoms with Gasteiger partial charge >= 0.3 is 5.97 Å².